The lowest BCUT2D eigenvalue weighted by Gasteiger charge is -2.19. The van der Waals surface area contributed by atoms with E-state index in [1.807, 2.05) is 66.5 Å². The van der Waals surface area contributed by atoms with E-state index in [2.05, 4.69) is 22.3 Å². The van der Waals surface area contributed by atoms with Crippen molar-refractivity contribution in [2.24, 2.45) is 0 Å². The van der Waals surface area contributed by atoms with Crippen LogP contribution in [0.25, 0.3) is 0 Å². The number of carbonyl (C=O) groups is 1. The van der Waals surface area contributed by atoms with Crippen molar-refractivity contribution in [3.63, 3.8) is 0 Å². The molecule has 1 aromatic heterocycles. The van der Waals surface area contributed by atoms with Crippen molar-refractivity contribution in [2.45, 2.75) is 6.54 Å². The lowest BCUT2D eigenvalue weighted by molar-refractivity contribution is 0.0987. The second-order valence-electron chi connectivity index (χ2n) is 5.82. The summed E-state index contributed by atoms with van der Waals surface area (Å²) in [6, 6.07) is 23.2. The summed E-state index contributed by atoms with van der Waals surface area (Å²) in [5.41, 5.74) is 2.33. The Morgan fingerprint density at radius 3 is 2.08 bits per heavy atom. The van der Waals surface area contributed by atoms with Gasteiger partial charge in [-0.1, -0.05) is 48.5 Å². The molecule has 0 spiro atoms. The smallest absolute Gasteiger partial charge is 0.278 e. The van der Waals surface area contributed by atoms with E-state index in [4.69, 9.17) is 0 Å². The number of hydrogen-bond donors (Lipinski definition) is 0. The highest BCUT2D eigenvalue weighted by Crippen LogP contribution is 2.16. The third-order valence-corrected chi connectivity index (χ3v) is 3.97. The molecule has 0 saturated carbocycles. The standard InChI is InChI=1S/C20H20N4O/c1-23(15-16-9-5-3-6-10-16)19-14-13-18(21-22-19)20(25)24(2)17-11-7-4-8-12-17/h3-14H,15H2,1-2H3. The van der Waals surface area contributed by atoms with Crippen LogP contribution >= 0.6 is 0 Å². The first-order valence-electron chi connectivity index (χ1n) is 8.07. The fourth-order valence-corrected chi connectivity index (χ4v) is 2.52. The maximum atomic E-state index is 12.5. The van der Waals surface area contributed by atoms with Crippen LogP contribution in [-0.2, 0) is 6.54 Å². The third-order valence-electron chi connectivity index (χ3n) is 3.97. The lowest BCUT2D eigenvalue weighted by atomic mass is 10.2. The molecule has 0 fully saturated rings. The molecule has 5 nitrogen and oxygen atoms in total. The van der Waals surface area contributed by atoms with Crippen LogP contribution in [0.3, 0.4) is 0 Å². The molecule has 25 heavy (non-hydrogen) atoms. The van der Waals surface area contributed by atoms with Gasteiger partial charge < -0.3 is 9.80 Å². The molecule has 0 unspecified atom stereocenters. The molecule has 1 amide bonds. The summed E-state index contributed by atoms with van der Waals surface area (Å²) in [5, 5.41) is 8.31. The van der Waals surface area contributed by atoms with E-state index in [1.54, 1.807) is 18.0 Å². The summed E-state index contributed by atoms with van der Waals surface area (Å²) >= 11 is 0. The van der Waals surface area contributed by atoms with Crippen molar-refractivity contribution in [1.29, 1.82) is 0 Å². The van der Waals surface area contributed by atoms with Gasteiger partial charge in [0.2, 0.25) is 0 Å². The Kier molecular flexibility index (Phi) is 5.04. The Labute approximate surface area is 147 Å². The van der Waals surface area contributed by atoms with Crippen molar-refractivity contribution >= 4 is 17.4 Å². The number of anilines is 2. The average Bonchev–Trinajstić information content (AvgIpc) is 2.68. The van der Waals surface area contributed by atoms with Crippen LogP contribution in [-0.4, -0.2) is 30.2 Å². The summed E-state index contributed by atoms with van der Waals surface area (Å²) in [7, 11) is 3.68. The lowest BCUT2D eigenvalue weighted by Crippen LogP contribution is -2.27. The van der Waals surface area contributed by atoms with Gasteiger partial charge in [0.15, 0.2) is 11.5 Å². The van der Waals surface area contributed by atoms with Crippen LogP contribution in [0, 0.1) is 0 Å². The zero-order valence-electron chi connectivity index (χ0n) is 14.3. The first kappa shape index (κ1) is 16.6. The molecule has 0 N–H and O–H groups in total. The zero-order chi connectivity index (χ0) is 17.6. The molecule has 0 radical (unpaired) electrons. The molecule has 0 bridgehead atoms. The Balaban J connectivity index is 1.70. The van der Waals surface area contributed by atoms with Crippen LogP contribution in [0.4, 0.5) is 11.5 Å². The van der Waals surface area contributed by atoms with Gasteiger partial charge in [0.25, 0.3) is 5.91 Å². The van der Waals surface area contributed by atoms with Crippen LogP contribution in [0.1, 0.15) is 16.1 Å². The van der Waals surface area contributed by atoms with Gasteiger partial charge in [-0.2, -0.15) is 0 Å². The average molecular weight is 332 g/mol. The van der Waals surface area contributed by atoms with E-state index in [9.17, 15) is 4.79 Å². The van der Waals surface area contributed by atoms with Gasteiger partial charge in [0.05, 0.1) is 0 Å². The van der Waals surface area contributed by atoms with E-state index in [0.29, 0.717) is 5.69 Å². The molecule has 126 valence electrons. The quantitative estimate of drug-likeness (QED) is 0.718. The van der Waals surface area contributed by atoms with E-state index >= 15 is 0 Å². The minimum absolute atomic E-state index is 0.184. The van der Waals surface area contributed by atoms with Gasteiger partial charge in [-0.15, -0.1) is 10.2 Å². The molecule has 0 saturated heterocycles. The molecule has 0 aliphatic rings. The zero-order valence-corrected chi connectivity index (χ0v) is 14.3. The summed E-state index contributed by atoms with van der Waals surface area (Å²) in [5.74, 6) is 0.540. The Hall–Kier alpha value is -3.21. The molecule has 0 atom stereocenters. The molecule has 3 rings (SSSR count). The van der Waals surface area contributed by atoms with Crippen molar-refractivity contribution in [3.8, 4) is 0 Å². The van der Waals surface area contributed by atoms with Gasteiger partial charge in [0.1, 0.15) is 0 Å². The van der Waals surface area contributed by atoms with Crippen LogP contribution in [0.15, 0.2) is 72.8 Å². The van der Waals surface area contributed by atoms with Crippen LogP contribution in [0.5, 0.6) is 0 Å². The summed E-state index contributed by atoms with van der Waals surface area (Å²) < 4.78 is 0. The summed E-state index contributed by atoms with van der Waals surface area (Å²) in [4.78, 5) is 16.1. The summed E-state index contributed by atoms with van der Waals surface area (Å²) in [6.45, 7) is 0.729. The SMILES string of the molecule is CN(Cc1ccccc1)c1ccc(C(=O)N(C)c2ccccc2)nn1. The second-order valence-corrected chi connectivity index (χ2v) is 5.82. The monoisotopic (exact) mass is 332 g/mol. The molecule has 5 heteroatoms. The van der Waals surface area contributed by atoms with E-state index in [-0.39, 0.29) is 5.91 Å². The predicted molar refractivity (Wildman–Crippen MR) is 99.8 cm³/mol. The fraction of sp³-hybridized carbons (Fsp3) is 0.150. The number of para-hydroxylation sites is 1. The Morgan fingerprint density at radius 1 is 0.840 bits per heavy atom. The minimum atomic E-state index is -0.184. The minimum Gasteiger partial charge on any atom is -0.354 e. The fourth-order valence-electron chi connectivity index (χ4n) is 2.52. The van der Waals surface area contributed by atoms with Crippen LogP contribution in [0.2, 0.25) is 0 Å². The maximum absolute atomic E-state index is 12.5. The largest absolute Gasteiger partial charge is 0.354 e. The molecular formula is C20H20N4O. The summed E-state index contributed by atoms with van der Waals surface area (Å²) in [6.07, 6.45) is 0. The number of aromatic nitrogens is 2. The molecule has 3 aromatic rings. The van der Waals surface area contributed by atoms with Gasteiger partial charge in [-0.3, -0.25) is 4.79 Å². The number of hydrogen-bond acceptors (Lipinski definition) is 4. The normalized spacial score (nSPS) is 10.3. The van der Waals surface area contributed by atoms with E-state index in [1.165, 1.54) is 5.56 Å². The van der Waals surface area contributed by atoms with E-state index in [0.717, 1.165) is 18.1 Å². The van der Waals surface area contributed by atoms with Crippen LogP contribution < -0.4 is 9.80 Å². The third kappa shape index (κ3) is 4.01. The van der Waals surface area contributed by atoms with Gasteiger partial charge in [-0.05, 0) is 29.8 Å². The van der Waals surface area contributed by atoms with Gasteiger partial charge in [-0.25, -0.2) is 0 Å². The number of benzene rings is 2. The molecule has 0 aliphatic heterocycles. The highest BCUT2D eigenvalue weighted by atomic mass is 16.2. The topological polar surface area (TPSA) is 49.3 Å². The van der Waals surface area contributed by atoms with Crippen molar-refractivity contribution in [1.82, 2.24) is 10.2 Å². The van der Waals surface area contributed by atoms with E-state index < -0.39 is 0 Å². The van der Waals surface area contributed by atoms with Gasteiger partial charge in [0, 0.05) is 26.3 Å². The molecule has 1 heterocycles. The predicted octanol–water partition coefficient (Wildman–Crippen LogP) is 3.39. The first-order valence-corrected chi connectivity index (χ1v) is 8.07. The van der Waals surface area contributed by atoms with Crippen molar-refractivity contribution in [3.05, 3.63) is 84.1 Å². The molecule has 0 aliphatic carbocycles. The van der Waals surface area contributed by atoms with Crippen molar-refractivity contribution in [2.75, 3.05) is 23.9 Å². The molecular weight excluding hydrogens is 312 g/mol. The molecule has 2 aromatic carbocycles. The number of carbonyl (C=O) groups excluding carboxylic acids is 1. The maximum Gasteiger partial charge on any atom is 0.278 e. The highest BCUT2D eigenvalue weighted by molar-refractivity contribution is 6.04. The van der Waals surface area contributed by atoms with Crippen molar-refractivity contribution < 1.29 is 4.79 Å². The number of nitrogens with zero attached hydrogens (tertiary/aromatic N) is 4. The number of amides is 1. The Morgan fingerprint density at radius 2 is 1.48 bits per heavy atom. The first-order chi connectivity index (χ1) is 12.1. The highest BCUT2D eigenvalue weighted by Gasteiger charge is 2.15. The Bertz CT molecular complexity index is 819. The second kappa shape index (κ2) is 7.57. The number of rotatable bonds is 5. The van der Waals surface area contributed by atoms with Gasteiger partial charge >= 0.3 is 0 Å².